The molecule has 1 fully saturated rings. The van der Waals surface area contributed by atoms with Crippen molar-refractivity contribution in [1.29, 1.82) is 0 Å². The predicted octanol–water partition coefficient (Wildman–Crippen LogP) is 6.69. The molecule has 3 aromatic rings. The molecule has 4 rings (SSSR count). The quantitative estimate of drug-likeness (QED) is 0.216. The third-order valence-electron chi connectivity index (χ3n) is 5.55. The Hall–Kier alpha value is -3.07. The number of hydrogen-bond acceptors (Lipinski definition) is 5. The maximum atomic E-state index is 13.4. The van der Waals surface area contributed by atoms with Gasteiger partial charge < -0.3 is 19.1 Å². The van der Waals surface area contributed by atoms with Gasteiger partial charge in [0.25, 0.3) is 5.91 Å². The molecule has 3 aromatic carbocycles. The van der Waals surface area contributed by atoms with Crippen LogP contribution in [0.5, 0.6) is 17.2 Å². The summed E-state index contributed by atoms with van der Waals surface area (Å²) in [6.45, 7) is 2.84. The van der Waals surface area contributed by atoms with Gasteiger partial charge in [-0.3, -0.25) is 9.69 Å². The van der Waals surface area contributed by atoms with Gasteiger partial charge in [-0.15, -0.1) is 0 Å². The van der Waals surface area contributed by atoms with Gasteiger partial charge in [0.05, 0.1) is 19.4 Å². The molecule has 1 aliphatic rings. The molecule has 1 saturated heterocycles. The average molecular weight is 588 g/mol. The van der Waals surface area contributed by atoms with Crippen LogP contribution < -0.4 is 19.1 Å². The highest BCUT2D eigenvalue weighted by atomic mass is 79.9. The summed E-state index contributed by atoms with van der Waals surface area (Å²) in [7, 11) is 3.35. The summed E-state index contributed by atoms with van der Waals surface area (Å²) in [6, 6.07) is 18.4. The molecule has 0 atom stereocenters. The second kappa shape index (κ2) is 11.3. The molecule has 0 radical (unpaired) electrons. The summed E-state index contributed by atoms with van der Waals surface area (Å²) in [6.07, 6.45) is 1.78. The van der Waals surface area contributed by atoms with E-state index in [4.69, 9.17) is 38.0 Å². The number of carbonyl (C=O) groups excluding carboxylic acids is 1. The topological polar surface area (TPSA) is 51.2 Å². The predicted molar refractivity (Wildman–Crippen MR) is 150 cm³/mol. The molecule has 0 bridgehead atoms. The van der Waals surface area contributed by atoms with Gasteiger partial charge in [0.15, 0.2) is 16.6 Å². The van der Waals surface area contributed by atoms with E-state index in [0.717, 1.165) is 21.3 Å². The Morgan fingerprint density at radius 1 is 1.03 bits per heavy atom. The Balaban J connectivity index is 1.59. The molecule has 186 valence electrons. The minimum Gasteiger partial charge on any atom is -0.494 e. The molecule has 9 heteroatoms. The average Bonchev–Trinajstić information content (AvgIpc) is 3.08. The van der Waals surface area contributed by atoms with Gasteiger partial charge in [-0.25, -0.2) is 0 Å². The molecule has 1 heterocycles. The maximum Gasteiger partial charge on any atom is 0.281 e. The molecule has 0 unspecified atom stereocenters. The van der Waals surface area contributed by atoms with Crippen LogP contribution in [0.3, 0.4) is 0 Å². The lowest BCUT2D eigenvalue weighted by molar-refractivity contribution is -0.114. The van der Waals surface area contributed by atoms with Crippen molar-refractivity contribution in [1.82, 2.24) is 4.90 Å². The molecule has 0 saturated carbocycles. The minimum absolute atomic E-state index is 0.222. The number of carbonyl (C=O) groups is 1. The molecular formula is C27H24BrClN2O4S. The summed E-state index contributed by atoms with van der Waals surface area (Å²) < 4.78 is 17.8. The first-order valence-electron chi connectivity index (χ1n) is 11.1. The van der Waals surface area contributed by atoms with Crippen molar-refractivity contribution in [3.63, 3.8) is 0 Å². The van der Waals surface area contributed by atoms with E-state index in [2.05, 4.69) is 15.9 Å². The van der Waals surface area contributed by atoms with Gasteiger partial charge >= 0.3 is 0 Å². The lowest BCUT2D eigenvalue weighted by atomic mass is 10.1. The number of methoxy groups -OCH3 is 1. The van der Waals surface area contributed by atoms with E-state index in [1.165, 1.54) is 4.90 Å². The number of ether oxygens (including phenoxy) is 3. The van der Waals surface area contributed by atoms with Gasteiger partial charge in [-0.05, 0) is 84.9 Å². The zero-order chi connectivity index (χ0) is 25.8. The largest absolute Gasteiger partial charge is 0.494 e. The summed E-state index contributed by atoms with van der Waals surface area (Å²) in [4.78, 5) is 16.6. The lowest BCUT2D eigenvalue weighted by Crippen LogP contribution is -2.31. The zero-order valence-electron chi connectivity index (χ0n) is 20.0. The van der Waals surface area contributed by atoms with E-state index in [9.17, 15) is 4.79 Å². The minimum atomic E-state index is -0.222. The Morgan fingerprint density at radius 2 is 1.72 bits per heavy atom. The molecule has 36 heavy (non-hydrogen) atoms. The van der Waals surface area contributed by atoms with E-state index >= 15 is 0 Å². The molecule has 6 nitrogen and oxygen atoms in total. The highest BCUT2D eigenvalue weighted by molar-refractivity contribution is 9.10. The summed E-state index contributed by atoms with van der Waals surface area (Å²) in [5.74, 6) is 1.62. The summed E-state index contributed by atoms with van der Waals surface area (Å²) in [5, 5.41) is 1.06. The number of thiocarbonyl (C=S) groups is 1. The van der Waals surface area contributed by atoms with Crippen LogP contribution in [0.15, 0.2) is 70.8 Å². The lowest BCUT2D eigenvalue weighted by Gasteiger charge is -2.16. The number of halogens is 2. The van der Waals surface area contributed by atoms with E-state index in [1.54, 1.807) is 25.1 Å². The fourth-order valence-electron chi connectivity index (χ4n) is 3.67. The van der Waals surface area contributed by atoms with Crippen molar-refractivity contribution >= 4 is 62.5 Å². The first-order chi connectivity index (χ1) is 17.3. The van der Waals surface area contributed by atoms with Crippen LogP contribution in [0.1, 0.15) is 18.1 Å². The smallest absolute Gasteiger partial charge is 0.281 e. The van der Waals surface area contributed by atoms with Crippen LogP contribution >= 0.6 is 39.7 Å². The van der Waals surface area contributed by atoms with Gasteiger partial charge in [0.1, 0.15) is 18.1 Å². The van der Waals surface area contributed by atoms with Crippen LogP contribution in [0.2, 0.25) is 5.02 Å². The van der Waals surface area contributed by atoms with E-state index in [0.29, 0.717) is 46.2 Å². The second-order valence-corrected chi connectivity index (χ2v) is 9.53. The van der Waals surface area contributed by atoms with Crippen LogP contribution in [-0.4, -0.2) is 36.7 Å². The standard InChI is InChI=1S/C27H24BrClN2O4S/c1-4-34-21-11-9-20(10-12-21)31-26(32)23(30(2)27(31)36)13-18-14-24(33-3)25(15-22(18)28)35-16-17-5-7-19(29)8-6-17/h5-15H,4,16H2,1-3H3/b23-13-. The fourth-order valence-corrected chi connectivity index (χ4v) is 4.51. The number of rotatable bonds is 8. The van der Waals surface area contributed by atoms with Crippen molar-refractivity contribution < 1.29 is 19.0 Å². The molecular weight excluding hydrogens is 564 g/mol. The van der Waals surface area contributed by atoms with E-state index in [1.807, 2.05) is 67.6 Å². The molecule has 0 N–H and O–H groups in total. The molecule has 0 aliphatic carbocycles. The Morgan fingerprint density at radius 3 is 2.36 bits per heavy atom. The van der Waals surface area contributed by atoms with Gasteiger partial charge in [-0.1, -0.05) is 39.7 Å². The fraction of sp³-hybridized carbons (Fsp3) is 0.185. The third-order valence-corrected chi connectivity index (χ3v) is 6.95. The Bertz CT molecular complexity index is 1310. The van der Waals surface area contributed by atoms with Crippen LogP contribution in [-0.2, 0) is 11.4 Å². The highest BCUT2D eigenvalue weighted by Gasteiger charge is 2.37. The van der Waals surface area contributed by atoms with Crippen LogP contribution in [0.4, 0.5) is 5.69 Å². The first kappa shape index (κ1) is 26.0. The monoisotopic (exact) mass is 586 g/mol. The van der Waals surface area contributed by atoms with Crippen molar-refractivity contribution in [2.75, 3.05) is 25.7 Å². The normalized spacial score (nSPS) is 14.5. The van der Waals surface area contributed by atoms with Gasteiger partial charge in [-0.2, -0.15) is 0 Å². The number of anilines is 1. The van der Waals surface area contributed by atoms with Crippen molar-refractivity contribution in [3.05, 3.63) is 87.0 Å². The summed E-state index contributed by atoms with van der Waals surface area (Å²) in [5.41, 5.74) is 2.83. The third kappa shape index (κ3) is 5.51. The molecule has 1 amide bonds. The zero-order valence-corrected chi connectivity index (χ0v) is 23.1. The van der Waals surface area contributed by atoms with Crippen LogP contribution in [0, 0.1) is 0 Å². The molecule has 0 aromatic heterocycles. The second-order valence-electron chi connectivity index (χ2n) is 7.88. The van der Waals surface area contributed by atoms with Crippen molar-refractivity contribution in [2.24, 2.45) is 0 Å². The van der Waals surface area contributed by atoms with Crippen molar-refractivity contribution in [2.45, 2.75) is 13.5 Å². The maximum absolute atomic E-state index is 13.4. The number of nitrogens with zero attached hydrogens (tertiary/aromatic N) is 2. The van der Waals surface area contributed by atoms with Gasteiger partial charge in [0, 0.05) is 16.5 Å². The van der Waals surface area contributed by atoms with E-state index < -0.39 is 0 Å². The molecule has 1 aliphatic heterocycles. The number of amides is 1. The number of benzene rings is 3. The van der Waals surface area contributed by atoms with E-state index in [-0.39, 0.29) is 5.91 Å². The van der Waals surface area contributed by atoms with Gasteiger partial charge in [0.2, 0.25) is 0 Å². The Kier molecular flexibility index (Phi) is 8.18. The first-order valence-corrected chi connectivity index (χ1v) is 12.7. The number of hydrogen-bond donors (Lipinski definition) is 0. The molecule has 0 spiro atoms. The highest BCUT2D eigenvalue weighted by Crippen LogP contribution is 2.37. The van der Waals surface area contributed by atoms with Crippen LogP contribution in [0.25, 0.3) is 6.08 Å². The summed E-state index contributed by atoms with van der Waals surface area (Å²) >= 11 is 15.1. The van der Waals surface area contributed by atoms with Crippen molar-refractivity contribution in [3.8, 4) is 17.2 Å². The SMILES string of the molecule is CCOc1ccc(N2C(=O)/C(=C/c3cc(OC)c(OCc4ccc(Cl)cc4)cc3Br)N(C)C2=S)cc1. The Labute approximate surface area is 229 Å². The number of likely N-dealkylation sites (N-methyl/N-ethyl adjacent to an activating group) is 1.